The number of methoxy groups -OCH3 is 1. The number of carbonyl (C=O) groups excluding carboxylic acids is 1. The average molecular weight is 400 g/mol. The number of rotatable bonds is 4. The number of carbonyl (C=O) groups is 1. The van der Waals surface area contributed by atoms with Crippen molar-refractivity contribution >= 4 is 39.4 Å². The number of amides is 1. The molecule has 0 spiro atoms. The summed E-state index contributed by atoms with van der Waals surface area (Å²) in [5.41, 5.74) is 8.74. The monoisotopic (exact) mass is 400 g/mol. The molecule has 0 saturated carbocycles. The van der Waals surface area contributed by atoms with Gasteiger partial charge < -0.3 is 24.7 Å². The SMILES string of the molecule is COc1cc2c(cc1NC(=O)c1c(-c3cccnc3)noc1N)oc1ccccc12. The molecule has 0 radical (unpaired) electrons. The Hall–Kier alpha value is -4.33. The van der Waals surface area contributed by atoms with E-state index in [9.17, 15) is 4.79 Å². The van der Waals surface area contributed by atoms with E-state index in [1.54, 1.807) is 30.6 Å². The van der Waals surface area contributed by atoms with Crippen LogP contribution in [0.25, 0.3) is 33.2 Å². The van der Waals surface area contributed by atoms with Crippen molar-refractivity contribution in [2.45, 2.75) is 0 Å². The molecule has 0 aliphatic heterocycles. The van der Waals surface area contributed by atoms with Crippen LogP contribution >= 0.6 is 0 Å². The molecule has 0 fully saturated rings. The molecule has 0 saturated heterocycles. The minimum atomic E-state index is -0.485. The number of para-hydroxylation sites is 1. The Balaban J connectivity index is 1.57. The molecule has 30 heavy (non-hydrogen) atoms. The van der Waals surface area contributed by atoms with Gasteiger partial charge in [0.05, 0.1) is 12.8 Å². The van der Waals surface area contributed by atoms with Crippen LogP contribution in [0.5, 0.6) is 5.75 Å². The fraction of sp³-hybridized carbons (Fsp3) is 0.0455. The number of nitrogens with zero attached hydrogens (tertiary/aromatic N) is 2. The van der Waals surface area contributed by atoms with Gasteiger partial charge in [-0.2, -0.15) is 0 Å². The topological polar surface area (TPSA) is 116 Å². The maximum atomic E-state index is 13.1. The van der Waals surface area contributed by atoms with Gasteiger partial charge in [-0.05, 0) is 24.3 Å². The lowest BCUT2D eigenvalue weighted by molar-refractivity contribution is 0.102. The first-order valence-corrected chi connectivity index (χ1v) is 9.12. The Morgan fingerprint density at radius 1 is 1.10 bits per heavy atom. The lowest BCUT2D eigenvalue weighted by Crippen LogP contribution is -2.14. The van der Waals surface area contributed by atoms with Gasteiger partial charge in [0.25, 0.3) is 5.91 Å². The number of pyridine rings is 1. The van der Waals surface area contributed by atoms with Crippen LogP contribution in [0.3, 0.4) is 0 Å². The molecule has 0 bridgehead atoms. The van der Waals surface area contributed by atoms with Crippen molar-refractivity contribution in [3.63, 3.8) is 0 Å². The van der Waals surface area contributed by atoms with Crippen LogP contribution < -0.4 is 15.8 Å². The van der Waals surface area contributed by atoms with Crippen molar-refractivity contribution < 1.29 is 18.5 Å². The lowest BCUT2D eigenvalue weighted by Gasteiger charge is -2.10. The highest BCUT2D eigenvalue weighted by molar-refractivity contribution is 6.13. The number of furan rings is 1. The molecule has 5 aromatic rings. The predicted molar refractivity (Wildman–Crippen MR) is 112 cm³/mol. The van der Waals surface area contributed by atoms with Crippen LogP contribution in [-0.2, 0) is 0 Å². The van der Waals surface area contributed by atoms with Gasteiger partial charge in [-0.1, -0.05) is 23.4 Å². The molecule has 2 aromatic carbocycles. The molecule has 0 aliphatic carbocycles. The Bertz CT molecular complexity index is 1390. The Kier molecular flexibility index (Phi) is 4.10. The van der Waals surface area contributed by atoms with E-state index >= 15 is 0 Å². The van der Waals surface area contributed by atoms with Gasteiger partial charge in [0.2, 0.25) is 5.88 Å². The molecule has 1 amide bonds. The Labute approximate surface area is 170 Å². The van der Waals surface area contributed by atoms with Crippen molar-refractivity contribution in [3.8, 4) is 17.0 Å². The van der Waals surface area contributed by atoms with E-state index in [1.807, 2.05) is 30.3 Å². The molecule has 0 atom stereocenters. The number of hydrogen-bond acceptors (Lipinski definition) is 7. The second-order valence-electron chi connectivity index (χ2n) is 6.61. The summed E-state index contributed by atoms with van der Waals surface area (Å²) in [4.78, 5) is 17.1. The summed E-state index contributed by atoms with van der Waals surface area (Å²) in [6.07, 6.45) is 3.20. The molecule has 3 N–H and O–H groups in total. The fourth-order valence-corrected chi connectivity index (χ4v) is 3.42. The van der Waals surface area contributed by atoms with E-state index in [-0.39, 0.29) is 11.4 Å². The summed E-state index contributed by atoms with van der Waals surface area (Å²) in [7, 11) is 1.54. The molecule has 5 rings (SSSR count). The number of fused-ring (bicyclic) bond motifs is 3. The average Bonchev–Trinajstić information content (AvgIpc) is 3.33. The molecule has 3 heterocycles. The maximum absolute atomic E-state index is 13.1. The minimum absolute atomic E-state index is 0.0878. The summed E-state index contributed by atoms with van der Waals surface area (Å²) in [6, 6.07) is 14.8. The fourth-order valence-electron chi connectivity index (χ4n) is 3.42. The van der Waals surface area contributed by atoms with Crippen molar-refractivity contribution in [1.29, 1.82) is 0 Å². The van der Waals surface area contributed by atoms with Gasteiger partial charge in [-0.25, -0.2) is 0 Å². The van der Waals surface area contributed by atoms with Crippen molar-refractivity contribution in [1.82, 2.24) is 10.1 Å². The number of nitrogen functional groups attached to an aromatic ring is 1. The summed E-state index contributed by atoms with van der Waals surface area (Å²) < 4.78 is 16.5. The van der Waals surface area contributed by atoms with Crippen molar-refractivity contribution in [2.75, 3.05) is 18.2 Å². The third-order valence-corrected chi connectivity index (χ3v) is 4.83. The second kappa shape index (κ2) is 6.93. The first-order valence-electron chi connectivity index (χ1n) is 9.12. The van der Waals surface area contributed by atoms with Gasteiger partial charge in [0, 0.05) is 34.8 Å². The smallest absolute Gasteiger partial charge is 0.263 e. The zero-order valence-electron chi connectivity index (χ0n) is 15.9. The van der Waals surface area contributed by atoms with Gasteiger partial charge in [-0.3, -0.25) is 9.78 Å². The van der Waals surface area contributed by atoms with Gasteiger partial charge >= 0.3 is 0 Å². The zero-order chi connectivity index (χ0) is 20.7. The van der Waals surface area contributed by atoms with Crippen LogP contribution in [0.2, 0.25) is 0 Å². The van der Waals surface area contributed by atoms with E-state index in [2.05, 4.69) is 15.5 Å². The third kappa shape index (κ3) is 2.82. The summed E-state index contributed by atoms with van der Waals surface area (Å²) in [5.74, 6) is -0.0862. The largest absolute Gasteiger partial charge is 0.495 e. The van der Waals surface area contributed by atoms with Gasteiger partial charge in [0.15, 0.2) is 0 Å². The van der Waals surface area contributed by atoms with Crippen LogP contribution in [0, 0.1) is 0 Å². The number of ether oxygens (including phenoxy) is 1. The quantitative estimate of drug-likeness (QED) is 0.457. The first kappa shape index (κ1) is 17.7. The molecule has 8 heteroatoms. The lowest BCUT2D eigenvalue weighted by atomic mass is 10.1. The Morgan fingerprint density at radius 2 is 1.97 bits per heavy atom. The highest BCUT2D eigenvalue weighted by Crippen LogP contribution is 2.37. The number of nitrogens with two attached hydrogens (primary N) is 1. The summed E-state index contributed by atoms with van der Waals surface area (Å²) in [6.45, 7) is 0. The molecule has 8 nitrogen and oxygen atoms in total. The van der Waals surface area contributed by atoms with E-state index < -0.39 is 5.91 Å². The summed E-state index contributed by atoms with van der Waals surface area (Å²) >= 11 is 0. The van der Waals surface area contributed by atoms with Crippen molar-refractivity contribution in [3.05, 3.63) is 66.5 Å². The first-order chi connectivity index (χ1) is 14.7. The third-order valence-electron chi connectivity index (χ3n) is 4.83. The van der Waals surface area contributed by atoms with Crippen LogP contribution in [0.4, 0.5) is 11.6 Å². The molecular formula is C22H16N4O4. The van der Waals surface area contributed by atoms with Crippen LogP contribution in [0.1, 0.15) is 10.4 Å². The number of benzene rings is 2. The van der Waals surface area contributed by atoms with E-state index in [4.69, 9.17) is 19.4 Å². The molecule has 0 unspecified atom stereocenters. The van der Waals surface area contributed by atoms with Crippen LogP contribution in [0.15, 0.2) is 69.9 Å². The zero-order valence-corrected chi connectivity index (χ0v) is 15.9. The maximum Gasteiger partial charge on any atom is 0.263 e. The van der Waals surface area contributed by atoms with E-state index in [0.29, 0.717) is 28.3 Å². The number of nitrogens with one attached hydrogen (secondary N) is 1. The second-order valence-corrected chi connectivity index (χ2v) is 6.61. The molecule has 3 aromatic heterocycles. The van der Waals surface area contributed by atoms with Crippen molar-refractivity contribution in [2.24, 2.45) is 0 Å². The number of hydrogen-bond donors (Lipinski definition) is 2. The molecular weight excluding hydrogens is 384 g/mol. The van der Waals surface area contributed by atoms with Crippen LogP contribution in [-0.4, -0.2) is 23.2 Å². The van der Waals surface area contributed by atoms with Gasteiger partial charge in [-0.15, -0.1) is 0 Å². The standard InChI is InChI=1S/C22H16N4O4/c1-28-18-9-14-13-6-2-3-7-16(13)29-17(14)10-15(18)25-22(27)19-20(26-30-21(19)23)12-5-4-8-24-11-12/h2-11H,23H2,1H3,(H,25,27). The Morgan fingerprint density at radius 3 is 2.77 bits per heavy atom. The molecule has 0 aliphatic rings. The minimum Gasteiger partial charge on any atom is -0.495 e. The normalized spacial score (nSPS) is 11.1. The van der Waals surface area contributed by atoms with Gasteiger partial charge in [0.1, 0.15) is 28.2 Å². The van der Waals surface area contributed by atoms with E-state index in [0.717, 1.165) is 16.4 Å². The predicted octanol–water partition coefficient (Wildman–Crippen LogP) is 4.48. The number of anilines is 2. The highest BCUT2D eigenvalue weighted by Gasteiger charge is 2.24. The number of aromatic nitrogens is 2. The van der Waals surface area contributed by atoms with E-state index in [1.165, 1.54) is 7.11 Å². The summed E-state index contributed by atoms with van der Waals surface area (Å²) in [5, 5.41) is 8.60. The highest BCUT2D eigenvalue weighted by atomic mass is 16.5. The molecule has 148 valence electrons.